The van der Waals surface area contributed by atoms with Crippen molar-refractivity contribution in [3.05, 3.63) is 59.7 Å². The molecule has 2 aromatic rings. The lowest BCUT2D eigenvalue weighted by atomic mass is 9.98. The van der Waals surface area contributed by atoms with Crippen molar-refractivity contribution >= 4 is 18.0 Å². The standard InChI is InChI=1S/C27H30N2O5/c30-25(31)12-16-9-10-18(11-16)29-26(32)23-13-17(23)14-28-27(33)34-15-24-21-7-3-1-5-19(21)20-6-2-4-8-22(20)24/h1-8,16-18,23-24H,9-15H2,(H,28,33)(H,29,32)(H,30,31)/t16-,17?,18+,23?/m1/s1. The van der Waals surface area contributed by atoms with E-state index in [1.165, 1.54) is 22.3 Å². The minimum absolute atomic E-state index is 0.0142. The number of hydrogen-bond acceptors (Lipinski definition) is 4. The lowest BCUT2D eigenvalue weighted by molar-refractivity contribution is -0.138. The molecule has 3 aliphatic carbocycles. The summed E-state index contributed by atoms with van der Waals surface area (Å²) in [7, 11) is 0. The Hall–Kier alpha value is -3.35. The van der Waals surface area contributed by atoms with Crippen LogP contribution in [0.2, 0.25) is 0 Å². The van der Waals surface area contributed by atoms with Gasteiger partial charge >= 0.3 is 12.1 Å². The molecule has 2 unspecified atom stereocenters. The Morgan fingerprint density at radius 1 is 0.941 bits per heavy atom. The van der Waals surface area contributed by atoms with Crippen LogP contribution in [0, 0.1) is 17.8 Å². The average Bonchev–Trinajstić information content (AvgIpc) is 3.38. The van der Waals surface area contributed by atoms with E-state index in [9.17, 15) is 14.4 Å². The van der Waals surface area contributed by atoms with Gasteiger partial charge in [-0.25, -0.2) is 4.79 Å². The summed E-state index contributed by atoms with van der Waals surface area (Å²) in [5, 5.41) is 14.8. The minimum atomic E-state index is -0.779. The fourth-order valence-electron chi connectivity index (χ4n) is 5.60. The number of amides is 2. The van der Waals surface area contributed by atoms with Gasteiger partial charge in [-0.15, -0.1) is 0 Å². The van der Waals surface area contributed by atoms with Crippen molar-refractivity contribution in [1.82, 2.24) is 10.6 Å². The molecule has 2 aromatic carbocycles. The highest BCUT2D eigenvalue weighted by molar-refractivity contribution is 5.82. The van der Waals surface area contributed by atoms with Crippen molar-refractivity contribution in [2.24, 2.45) is 17.8 Å². The van der Waals surface area contributed by atoms with E-state index < -0.39 is 12.1 Å². The Balaban J connectivity index is 1.05. The topological polar surface area (TPSA) is 105 Å². The first-order chi connectivity index (χ1) is 16.5. The number of carbonyl (C=O) groups is 3. The quantitative estimate of drug-likeness (QED) is 0.552. The summed E-state index contributed by atoms with van der Waals surface area (Å²) in [6.07, 6.45) is 2.87. The molecule has 3 aliphatic rings. The summed E-state index contributed by atoms with van der Waals surface area (Å²) in [5.74, 6) is -0.565. The van der Waals surface area contributed by atoms with E-state index in [0.717, 1.165) is 25.7 Å². The number of benzene rings is 2. The number of carboxylic acid groups (broad SMARTS) is 1. The van der Waals surface area contributed by atoms with Gasteiger partial charge in [-0.05, 0) is 59.8 Å². The van der Waals surface area contributed by atoms with Crippen molar-refractivity contribution in [3.8, 4) is 11.1 Å². The second-order valence-electron chi connectivity index (χ2n) is 9.79. The Morgan fingerprint density at radius 2 is 1.62 bits per heavy atom. The number of nitrogens with one attached hydrogen (secondary N) is 2. The highest BCUT2D eigenvalue weighted by Crippen LogP contribution is 2.44. The van der Waals surface area contributed by atoms with Crippen LogP contribution in [0.25, 0.3) is 11.1 Å². The van der Waals surface area contributed by atoms with Crippen LogP contribution in [-0.4, -0.2) is 42.3 Å². The van der Waals surface area contributed by atoms with Gasteiger partial charge in [0.25, 0.3) is 0 Å². The molecule has 0 spiro atoms. The van der Waals surface area contributed by atoms with Gasteiger partial charge in [0, 0.05) is 30.8 Å². The molecule has 34 heavy (non-hydrogen) atoms. The van der Waals surface area contributed by atoms with Crippen LogP contribution in [0.4, 0.5) is 4.79 Å². The number of hydrogen-bond donors (Lipinski definition) is 3. The maximum absolute atomic E-state index is 12.5. The van der Waals surface area contributed by atoms with Crippen molar-refractivity contribution in [3.63, 3.8) is 0 Å². The number of carboxylic acids is 1. The van der Waals surface area contributed by atoms with E-state index in [1.807, 2.05) is 24.3 Å². The van der Waals surface area contributed by atoms with Gasteiger partial charge in [0.1, 0.15) is 6.61 Å². The van der Waals surface area contributed by atoms with Crippen LogP contribution >= 0.6 is 0 Å². The van der Waals surface area contributed by atoms with Gasteiger partial charge in [0.05, 0.1) is 0 Å². The molecule has 2 amide bonds. The van der Waals surface area contributed by atoms with Gasteiger partial charge in [-0.1, -0.05) is 48.5 Å². The second-order valence-corrected chi connectivity index (χ2v) is 9.79. The number of fused-ring (bicyclic) bond motifs is 3. The molecule has 4 atom stereocenters. The lowest BCUT2D eigenvalue weighted by Crippen LogP contribution is -2.35. The minimum Gasteiger partial charge on any atom is -0.481 e. The molecule has 2 saturated carbocycles. The monoisotopic (exact) mass is 462 g/mol. The summed E-state index contributed by atoms with van der Waals surface area (Å²) >= 11 is 0. The smallest absolute Gasteiger partial charge is 0.407 e. The van der Waals surface area contributed by atoms with Crippen LogP contribution in [0.1, 0.15) is 49.1 Å². The second kappa shape index (κ2) is 9.49. The molecule has 0 aromatic heterocycles. The summed E-state index contributed by atoms with van der Waals surface area (Å²) in [4.78, 5) is 35.7. The molecule has 0 heterocycles. The van der Waals surface area contributed by atoms with E-state index in [0.29, 0.717) is 6.54 Å². The normalized spacial score (nSPS) is 24.7. The van der Waals surface area contributed by atoms with Gasteiger partial charge < -0.3 is 20.5 Å². The molecule has 178 valence electrons. The molecule has 7 heteroatoms. The van der Waals surface area contributed by atoms with E-state index in [2.05, 4.69) is 34.9 Å². The largest absolute Gasteiger partial charge is 0.481 e. The Morgan fingerprint density at radius 3 is 2.29 bits per heavy atom. The Labute approximate surface area is 198 Å². The van der Waals surface area contributed by atoms with Crippen molar-refractivity contribution < 1.29 is 24.2 Å². The summed E-state index contributed by atoms with van der Waals surface area (Å²) in [6, 6.07) is 16.5. The molecule has 0 saturated heterocycles. The van der Waals surface area contributed by atoms with E-state index in [4.69, 9.17) is 9.84 Å². The van der Waals surface area contributed by atoms with Gasteiger partial charge in [0.2, 0.25) is 5.91 Å². The lowest BCUT2D eigenvalue weighted by Gasteiger charge is -2.15. The van der Waals surface area contributed by atoms with Crippen molar-refractivity contribution in [2.45, 2.75) is 44.1 Å². The van der Waals surface area contributed by atoms with Crippen LogP contribution in [0.3, 0.4) is 0 Å². The third-order valence-corrected chi connectivity index (χ3v) is 7.46. The number of alkyl carbamates (subject to hydrolysis) is 1. The first-order valence-corrected chi connectivity index (χ1v) is 12.1. The van der Waals surface area contributed by atoms with Crippen LogP contribution in [-0.2, 0) is 14.3 Å². The number of rotatable bonds is 8. The third-order valence-electron chi connectivity index (χ3n) is 7.46. The predicted octanol–water partition coefficient (Wildman–Crippen LogP) is 3.92. The van der Waals surface area contributed by atoms with Crippen molar-refractivity contribution in [2.75, 3.05) is 13.2 Å². The average molecular weight is 463 g/mol. The molecule has 2 fully saturated rings. The predicted molar refractivity (Wildman–Crippen MR) is 126 cm³/mol. The van der Waals surface area contributed by atoms with Crippen LogP contribution in [0.15, 0.2) is 48.5 Å². The van der Waals surface area contributed by atoms with E-state index in [-0.39, 0.29) is 48.6 Å². The molecule has 0 bridgehead atoms. The first-order valence-electron chi connectivity index (χ1n) is 12.1. The fraction of sp³-hybridized carbons (Fsp3) is 0.444. The zero-order valence-corrected chi connectivity index (χ0v) is 19.0. The zero-order valence-electron chi connectivity index (χ0n) is 19.0. The number of ether oxygens (including phenoxy) is 1. The number of aliphatic carboxylic acids is 1. The summed E-state index contributed by atoms with van der Waals surface area (Å²) in [5.41, 5.74) is 4.73. The molecular formula is C27H30N2O5. The van der Waals surface area contributed by atoms with Gasteiger partial charge in [0.15, 0.2) is 0 Å². The molecule has 5 rings (SSSR count). The van der Waals surface area contributed by atoms with Gasteiger partial charge in [-0.2, -0.15) is 0 Å². The Kier molecular flexibility index (Phi) is 6.26. The fourth-order valence-corrected chi connectivity index (χ4v) is 5.60. The maximum atomic E-state index is 12.5. The van der Waals surface area contributed by atoms with Crippen LogP contribution in [0.5, 0.6) is 0 Å². The van der Waals surface area contributed by atoms with E-state index >= 15 is 0 Å². The highest BCUT2D eigenvalue weighted by Gasteiger charge is 2.44. The zero-order chi connectivity index (χ0) is 23.7. The SMILES string of the molecule is O=C(O)C[C@@H]1CC[C@H](NC(=O)C2CC2CNC(=O)OCC2c3ccccc3-c3ccccc32)C1. The Bertz CT molecular complexity index is 1050. The maximum Gasteiger partial charge on any atom is 0.407 e. The van der Waals surface area contributed by atoms with Crippen molar-refractivity contribution in [1.29, 1.82) is 0 Å². The highest BCUT2D eigenvalue weighted by atomic mass is 16.5. The molecule has 3 N–H and O–H groups in total. The molecule has 7 nitrogen and oxygen atoms in total. The summed E-state index contributed by atoms with van der Waals surface area (Å²) in [6.45, 7) is 0.689. The molecule has 0 radical (unpaired) electrons. The molecular weight excluding hydrogens is 432 g/mol. The number of carbonyl (C=O) groups excluding carboxylic acids is 2. The van der Waals surface area contributed by atoms with Crippen LogP contribution < -0.4 is 10.6 Å². The summed E-state index contributed by atoms with van der Waals surface area (Å²) < 4.78 is 5.57. The van der Waals surface area contributed by atoms with E-state index in [1.54, 1.807) is 0 Å². The third kappa shape index (κ3) is 4.79. The first kappa shape index (κ1) is 22.4. The molecule has 0 aliphatic heterocycles. The van der Waals surface area contributed by atoms with Gasteiger partial charge in [-0.3, -0.25) is 9.59 Å².